The van der Waals surface area contributed by atoms with E-state index in [0.717, 1.165) is 38.4 Å². The van der Waals surface area contributed by atoms with Gasteiger partial charge in [0.1, 0.15) is 5.82 Å². The predicted molar refractivity (Wildman–Crippen MR) is 148 cm³/mol. The van der Waals surface area contributed by atoms with Gasteiger partial charge >= 0.3 is 6.03 Å². The molecule has 9 heteroatoms. The van der Waals surface area contributed by atoms with Gasteiger partial charge in [-0.15, -0.1) is 0 Å². The lowest BCUT2D eigenvalue weighted by molar-refractivity contribution is 0.0949. The van der Waals surface area contributed by atoms with E-state index in [1.807, 2.05) is 12.1 Å². The molecule has 8 nitrogen and oxygen atoms in total. The van der Waals surface area contributed by atoms with Gasteiger partial charge in [-0.25, -0.2) is 9.18 Å². The molecular weight excluding hydrogens is 485 g/mol. The molecule has 0 radical (unpaired) electrons. The summed E-state index contributed by atoms with van der Waals surface area (Å²) in [6, 6.07) is 20.9. The number of urea groups is 1. The number of rotatable bonds is 10. The van der Waals surface area contributed by atoms with Gasteiger partial charge in [-0.3, -0.25) is 9.69 Å². The molecule has 0 bridgehead atoms. The van der Waals surface area contributed by atoms with Gasteiger partial charge in [0.25, 0.3) is 5.91 Å². The van der Waals surface area contributed by atoms with E-state index < -0.39 is 11.8 Å². The van der Waals surface area contributed by atoms with Crippen molar-refractivity contribution in [2.24, 2.45) is 0 Å². The zero-order chi connectivity index (χ0) is 26.7. The molecule has 1 heterocycles. The fraction of sp³-hybridized carbons (Fsp3) is 0.310. The number of nitrogens with one attached hydrogen (secondary N) is 3. The number of methoxy groups -OCH3 is 1. The topological polar surface area (TPSA) is 85.9 Å². The van der Waals surface area contributed by atoms with Crippen molar-refractivity contribution in [1.82, 2.24) is 10.2 Å². The quantitative estimate of drug-likeness (QED) is 0.342. The number of carbonyl (C=O) groups is 2. The van der Waals surface area contributed by atoms with Crippen molar-refractivity contribution >= 4 is 29.0 Å². The number of piperazine rings is 1. The van der Waals surface area contributed by atoms with Gasteiger partial charge in [-0.2, -0.15) is 0 Å². The van der Waals surface area contributed by atoms with E-state index >= 15 is 0 Å². The van der Waals surface area contributed by atoms with Gasteiger partial charge in [0.05, 0.1) is 5.56 Å². The summed E-state index contributed by atoms with van der Waals surface area (Å²) in [4.78, 5) is 30.3. The lowest BCUT2D eigenvalue weighted by atomic mass is 10.1. The Labute approximate surface area is 222 Å². The van der Waals surface area contributed by atoms with Crippen molar-refractivity contribution in [3.8, 4) is 0 Å². The molecule has 1 saturated heterocycles. The molecule has 0 unspecified atom stereocenters. The molecule has 1 aliphatic heterocycles. The highest BCUT2D eigenvalue weighted by molar-refractivity contribution is 6.04. The first-order valence-electron chi connectivity index (χ1n) is 12.8. The Morgan fingerprint density at radius 3 is 2.34 bits per heavy atom. The van der Waals surface area contributed by atoms with Crippen molar-refractivity contribution in [2.75, 3.05) is 62.0 Å². The fourth-order valence-corrected chi connectivity index (χ4v) is 4.43. The average Bonchev–Trinajstić information content (AvgIpc) is 2.92. The molecule has 3 N–H and O–H groups in total. The Morgan fingerprint density at radius 2 is 1.63 bits per heavy atom. The van der Waals surface area contributed by atoms with Gasteiger partial charge in [0.2, 0.25) is 0 Å². The molecular formula is C29H34FN5O3. The van der Waals surface area contributed by atoms with Crippen LogP contribution >= 0.6 is 0 Å². The second-order valence-corrected chi connectivity index (χ2v) is 9.17. The number of halogens is 1. The molecule has 3 aromatic rings. The van der Waals surface area contributed by atoms with E-state index in [0.29, 0.717) is 36.5 Å². The lowest BCUT2D eigenvalue weighted by Gasteiger charge is -2.37. The van der Waals surface area contributed by atoms with Crippen LogP contribution in [-0.4, -0.2) is 63.3 Å². The summed E-state index contributed by atoms with van der Waals surface area (Å²) in [6.07, 6.45) is 0.698. The molecule has 38 heavy (non-hydrogen) atoms. The Kier molecular flexibility index (Phi) is 9.66. The third-order valence-corrected chi connectivity index (χ3v) is 6.35. The zero-order valence-electron chi connectivity index (χ0n) is 21.6. The Morgan fingerprint density at radius 1 is 0.895 bits per heavy atom. The largest absolute Gasteiger partial charge is 0.385 e. The third-order valence-electron chi connectivity index (χ3n) is 6.35. The summed E-state index contributed by atoms with van der Waals surface area (Å²) in [5.74, 6) is -0.652. The van der Waals surface area contributed by atoms with Crippen LogP contribution in [0.1, 0.15) is 22.3 Å². The third kappa shape index (κ3) is 7.77. The van der Waals surface area contributed by atoms with E-state index in [1.165, 1.54) is 23.8 Å². The maximum atomic E-state index is 13.5. The minimum absolute atomic E-state index is 0.211. The fourth-order valence-electron chi connectivity index (χ4n) is 4.43. The number of carbonyl (C=O) groups excluding carboxylic acids is 2. The number of nitrogens with zero attached hydrogens (tertiary/aromatic N) is 2. The number of hydrogen-bond acceptors (Lipinski definition) is 5. The smallest absolute Gasteiger partial charge is 0.323 e. The van der Waals surface area contributed by atoms with Crippen LogP contribution in [0.4, 0.5) is 26.2 Å². The Bertz CT molecular complexity index is 1220. The second kappa shape index (κ2) is 13.6. The van der Waals surface area contributed by atoms with Gasteiger partial charge in [0.15, 0.2) is 0 Å². The van der Waals surface area contributed by atoms with Gasteiger partial charge in [-0.1, -0.05) is 36.4 Å². The molecule has 0 atom stereocenters. The molecule has 3 aromatic carbocycles. The van der Waals surface area contributed by atoms with Crippen LogP contribution < -0.4 is 20.9 Å². The number of benzene rings is 3. The molecule has 0 spiro atoms. The van der Waals surface area contributed by atoms with E-state index in [-0.39, 0.29) is 5.91 Å². The minimum Gasteiger partial charge on any atom is -0.385 e. The Balaban J connectivity index is 1.45. The van der Waals surface area contributed by atoms with Crippen molar-refractivity contribution in [2.45, 2.75) is 13.0 Å². The van der Waals surface area contributed by atoms with Crippen LogP contribution in [0.5, 0.6) is 0 Å². The summed E-state index contributed by atoms with van der Waals surface area (Å²) < 4.78 is 18.5. The zero-order valence-corrected chi connectivity index (χ0v) is 21.6. The number of amides is 3. The second-order valence-electron chi connectivity index (χ2n) is 9.17. The van der Waals surface area contributed by atoms with Crippen LogP contribution in [-0.2, 0) is 11.3 Å². The first-order valence-corrected chi connectivity index (χ1v) is 12.8. The summed E-state index contributed by atoms with van der Waals surface area (Å²) in [6.45, 7) is 5.24. The van der Waals surface area contributed by atoms with Crippen LogP contribution in [0, 0.1) is 5.82 Å². The normalized spacial score (nSPS) is 13.7. The molecule has 0 saturated carbocycles. The molecule has 200 valence electrons. The maximum absolute atomic E-state index is 13.5. The van der Waals surface area contributed by atoms with Crippen molar-refractivity contribution < 1.29 is 18.7 Å². The number of ether oxygens (including phenoxy) is 1. The number of anilines is 3. The van der Waals surface area contributed by atoms with Gasteiger partial charge < -0.3 is 25.6 Å². The predicted octanol–water partition coefficient (Wildman–Crippen LogP) is 4.56. The molecule has 1 fully saturated rings. The van der Waals surface area contributed by atoms with Crippen LogP contribution in [0.2, 0.25) is 0 Å². The highest BCUT2D eigenvalue weighted by Crippen LogP contribution is 2.26. The first kappa shape index (κ1) is 27.1. The highest BCUT2D eigenvalue weighted by atomic mass is 19.1. The lowest BCUT2D eigenvalue weighted by Crippen LogP contribution is -2.46. The molecule has 4 rings (SSSR count). The first-order chi connectivity index (χ1) is 18.5. The molecule has 3 amide bonds. The van der Waals surface area contributed by atoms with E-state index in [2.05, 4.69) is 50.0 Å². The van der Waals surface area contributed by atoms with Crippen molar-refractivity contribution in [1.29, 1.82) is 0 Å². The van der Waals surface area contributed by atoms with Crippen LogP contribution in [0.15, 0.2) is 72.8 Å². The maximum Gasteiger partial charge on any atom is 0.323 e. The summed E-state index contributed by atoms with van der Waals surface area (Å²) >= 11 is 0. The summed E-state index contributed by atoms with van der Waals surface area (Å²) in [7, 11) is 1.63. The van der Waals surface area contributed by atoms with E-state index in [1.54, 1.807) is 25.3 Å². The van der Waals surface area contributed by atoms with Crippen molar-refractivity contribution in [3.05, 3.63) is 89.7 Å². The Hall–Kier alpha value is -3.95. The molecule has 0 aromatic heterocycles. The monoisotopic (exact) mass is 519 g/mol. The minimum atomic E-state index is -0.524. The van der Waals surface area contributed by atoms with Crippen molar-refractivity contribution in [3.63, 3.8) is 0 Å². The van der Waals surface area contributed by atoms with Gasteiger partial charge in [-0.05, 0) is 48.4 Å². The summed E-state index contributed by atoms with van der Waals surface area (Å²) in [5.41, 5.74) is 3.40. The summed E-state index contributed by atoms with van der Waals surface area (Å²) in [5, 5.41) is 8.31. The van der Waals surface area contributed by atoms with Crippen LogP contribution in [0.3, 0.4) is 0 Å². The molecule has 1 aliphatic rings. The average molecular weight is 520 g/mol. The van der Waals surface area contributed by atoms with Crippen LogP contribution in [0.25, 0.3) is 0 Å². The van der Waals surface area contributed by atoms with E-state index in [4.69, 9.17) is 4.74 Å². The molecule has 0 aliphatic carbocycles. The van der Waals surface area contributed by atoms with Gasteiger partial charge in [0, 0.05) is 70.0 Å². The standard InChI is InChI=1S/C29H34FN5O3/c1-38-18-6-13-31-28(36)26-20-25(33-29(37)32-24-10-5-9-23(30)19-24)11-12-27(26)35-16-14-34(15-17-35)21-22-7-3-2-4-8-22/h2-5,7-12,19-20H,6,13-18,21H2,1H3,(H,31,36)(H2,32,33,37). The number of hydrogen-bond donors (Lipinski definition) is 3. The SMILES string of the molecule is COCCCNC(=O)c1cc(NC(=O)Nc2cccc(F)c2)ccc1N1CCN(Cc2ccccc2)CC1. The highest BCUT2D eigenvalue weighted by Gasteiger charge is 2.22. The van der Waals surface area contributed by atoms with E-state index in [9.17, 15) is 14.0 Å².